The average Bonchev–Trinajstić information content (AvgIpc) is 3.11. The van der Waals surface area contributed by atoms with E-state index in [0.717, 1.165) is 45.9 Å². The number of quaternary nitrogens is 1. The van der Waals surface area contributed by atoms with Crippen molar-refractivity contribution in [2.24, 2.45) is 0 Å². The van der Waals surface area contributed by atoms with Gasteiger partial charge in [-0.15, -0.1) is 0 Å². The molecule has 0 rings (SSSR count). The zero-order chi connectivity index (χ0) is 39.7. The number of hydrogen-bond donors (Lipinski definition) is 0. The van der Waals surface area contributed by atoms with Crippen LogP contribution in [0.3, 0.4) is 0 Å². The Morgan fingerprint density at radius 3 is 0.868 bits per heavy atom. The molecule has 10 heteroatoms. The lowest BCUT2D eigenvalue weighted by atomic mass is 10.0. The zero-order valence-corrected chi connectivity index (χ0v) is 36.4. The molecule has 0 bridgehead atoms. The second-order valence-electron chi connectivity index (χ2n) is 15.8. The molecule has 0 amide bonds. The van der Waals surface area contributed by atoms with Crippen molar-refractivity contribution >= 4 is 22.3 Å². The third-order valence-corrected chi connectivity index (χ3v) is 10.5. The van der Waals surface area contributed by atoms with Crippen LogP contribution in [-0.4, -0.2) is 76.9 Å². The quantitative estimate of drug-likeness (QED) is 0.0199. The summed E-state index contributed by atoms with van der Waals surface area (Å²) in [7, 11) is 0.600. The maximum absolute atomic E-state index is 12.1. The van der Waals surface area contributed by atoms with Crippen molar-refractivity contribution in [1.29, 1.82) is 0 Å². The number of esters is 2. The first-order chi connectivity index (χ1) is 25.5. The first-order valence-corrected chi connectivity index (χ1v) is 23.5. The molecule has 9 nitrogen and oxygen atoms in total. The highest BCUT2D eigenvalue weighted by Crippen LogP contribution is 2.15. The van der Waals surface area contributed by atoms with Crippen molar-refractivity contribution in [3.63, 3.8) is 0 Å². The Balaban J connectivity index is 0. The predicted octanol–water partition coefficient (Wildman–Crippen LogP) is 11.8. The molecule has 0 saturated heterocycles. The predicted molar refractivity (Wildman–Crippen MR) is 220 cm³/mol. The Bertz CT molecular complexity index is 843. The van der Waals surface area contributed by atoms with Gasteiger partial charge in [0.05, 0.1) is 21.2 Å². The first-order valence-electron chi connectivity index (χ1n) is 22.1. The number of unbranched alkanes of at least 4 members (excludes halogenated alkanes) is 28. The summed E-state index contributed by atoms with van der Waals surface area (Å²) in [6, 6.07) is 0. The Kier molecular flexibility index (Phi) is 41.1. The molecule has 0 aromatic carbocycles. The standard InChI is InChI=1S/C42H84NO4.CH4O4S/c1-5-7-9-11-13-15-17-19-21-23-25-27-29-31-33-35-41(44)46-39-37-43(3,4)38-40-47-42(45)36-34-32-30-28-26-24-22-20-18-16-14-12-10-8-6-2;1-5-6(2,3)4/h5-40H2,1-4H3;1H3,(H,2,3,4)/q+1;/p-1. The van der Waals surface area contributed by atoms with Crippen molar-refractivity contribution in [3.05, 3.63) is 0 Å². The van der Waals surface area contributed by atoms with E-state index in [-0.39, 0.29) is 11.9 Å². The Hall–Kier alpha value is -1.23. The van der Waals surface area contributed by atoms with Crippen LogP contribution in [0.15, 0.2) is 0 Å². The minimum Gasteiger partial charge on any atom is -0.726 e. The van der Waals surface area contributed by atoms with E-state index in [1.54, 1.807) is 0 Å². The van der Waals surface area contributed by atoms with Gasteiger partial charge in [-0.3, -0.25) is 13.8 Å². The van der Waals surface area contributed by atoms with Crippen LogP contribution >= 0.6 is 0 Å². The molecule has 0 atom stereocenters. The average molecular weight is 778 g/mol. The number of rotatable bonds is 39. The third-order valence-electron chi connectivity index (χ3n) is 10.1. The molecule has 0 aromatic rings. The van der Waals surface area contributed by atoms with Crippen molar-refractivity contribution in [1.82, 2.24) is 0 Å². The molecule has 0 fully saturated rings. The monoisotopic (exact) mass is 778 g/mol. The van der Waals surface area contributed by atoms with Gasteiger partial charge < -0.3 is 18.5 Å². The molecule has 0 aliphatic carbocycles. The van der Waals surface area contributed by atoms with E-state index in [0.29, 0.717) is 30.5 Å². The summed E-state index contributed by atoms with van der Waals surface area (Å²) < 4.78 is 42.7. The molecule has 0 heterocycles. The summed E-state index contributed by atoms with van der Waals surface area (Å²) in [6.07, 6.45) is 40.9. The highest BCUT2D eigenvalue weighted by molar-refractivity contribution is 7.80. The van der Waals surface area contributed by atoms with Gasteiger partial charge in [-0.1, -0.05) is 194 Å². The van der Waals surface area contributed by atoms with Gasteiger partial charge in [0.15, 0.2) is 0 Å². The minimum absolute atomic E-state index is 0.0744. The maximum Gasteiger partial charge on any atom is 0.305 e. The summed E-state index contributed by atoms with van der Waals surface area (Å²) in [4.78, 5) is 24.3. The maximum atomic E-state index is 12.1. The summed E-state index contributed by atoms with van der Waals surface area (Å²) in [5, 5.41) is 0. The van der Waals surface area contributed by atoms with Crippen LogP contribution < -0.4 is 0 Å². The number of likely N-dealkylation sites (N-methyl/N-ethyl adjacent to an activating group) is 1. The van der Waals surface area contributed by atoms with Crippen LogP contribution in [-0.2, 0) is 33.6 Å². The second kappa shape index (κ2) is 40.4. The van der Waals surface area contributed by atoms with Gasteiger partial charge in [0, 0.05) is 12.8 Å². The second-order valence-corrected chi connectivity index (χ2v) is 16.9. The molecule has 0 aromatic heterocycles. The number of carbonyl (C=O) groups excluding carboxylic acids is 2. The smallest absolute Gasteiger partial charge is 0.305 e. The lowest BCUT2D eigenvalue weighted by Gasteiger charge is -2.29. The molecule has 0 unspecified atom stereocenters. The third kappa shape index (κ3) is 48.8. The molecule has 0 spiro atoms. The van der Waals surface area contributed by atoms with E-state index in [4.69, 9.17) is 9.47 Å². The van der Waals surface area contributed by atoms with Crippen LogP contribution in [0, 0.1) is 0 Å². The van der Waals surface area contributed by atoms with Crippen LogP contribution in [0.4, 0.5) is 0 Å². The molecule has 0 N–H and O–H groups in total. The number of carbonyl (C=O) groups is 2. The molecule has 0 aliphatic heterocycles. The summed E-state index contributed by atoms with van der Waals surface area (Å²) in [6.45, 7) is 6.89. The van der Waals surface area contributed by atoms with Crippen LogP contribution in [0.1, 0.15) is 219 Å². The van der Waals surface area contributed by atoms with Gasteiger partial charge in [0.2, 0.25) is 10.4 Å². The minimum atomic E-state index is -4.41. The van der Waals surface area contributed by atoms with E-state index in [9.17, 15) is 22.6 Å². The normalized spacial score (nSPS) is 11.7. The molecule has 0 saturated carbocycles. The van der Waals surface area contributed by atoms with Crippen molar-refractivity contribution in [2.45, 2.75) is 219 Å². The van der Waals surface area contributed by atoms with Crippen LogP contribution in [0.5, 0.6) is 0 Å². The summed E-state index contributed by atoms with van der Waals surface area (Å²) >= 11 is 0. The number of ether oxygens (including phenoxy) is 2. The lowest BCUT2D eigenvalue weighted by Crippen LogP contribution is -2.45. The van der Waals surface area contributed by atoms with Gasteiger partial charge in [-0.05, 0) is 12.8 Å². The zero-order valence-electron chi connectivity index (χ0n) is 35.6. The highest BCUT2D eigenvalue weighted by atomic mass is 32.3. The Labute approximate surface area is 329 Å². The van der Waals surface area contributed by atoms with E-state index in [1.807, 2.05) is 0 Å². The fourth-order valence-electron chi connectivity index (χ4n) is 6.35. The van der Waals surface area contributed by atoms with Gasteiger partial charge in [0.1, 0.15) is 26.3 Å². The summed E-state index contributed by atoms with van der Waals surface area (Å²) in [5.41, 5.74) is 0. The fourth-order valence-corrected chi connectivity index (χ4v) is 6.35. The van der Waals surface area contributed by atoms with Gasteiger partial charge in [-0.25, -0.2) is 8.42 Å². The topological polar surface area (TPSA) is 119 Å². The number of nitrogens with zero attached hydrogens (tertiary/aromatic N) is 1. The largest absolute Gasteiger partial charge is 0.726 e. The summed E-state index contributed by atoms with van der Waals surface area (Å²) in [5.74, 6) is -0.149. The Morgan fingerprint density at radius 2 is 0.660 bits per heavy atom. The van der Waals surface area contributed by atoms with Crippen LogP contribution in [0.2, 0.25) is 0 Å². The van der Waals surface area contributed by atoms with E-state index >= 15 is 0 Å². The van der Waals surface area contributed by atoms with E-state index in [2.05, 4.69) is 32.1 Å². The lowest BCUT2D eigenvalue weighted by molar-refractivity contribution is -0.890. The van der Waals surface area contributed by atoms with Gasteiger partial charge >= 0.3 is 11.9 Å². The number of hydrogen-bond acceptors (Lipinski definition) is 8. The first kappa shape index (κ1) is 53.9. The van der Waals surface area contributed by atoms with Gasteiger partial charge in [-0.2, -0.15) is 0 Å². The van der Waals surface area contributed by atoms with E-state index in [1.165, 1.54) is 167 Å². The molecule has 0 radical (unpaired) electrons. The van der Waals surface area contributed by atoms with Crippen molar-refractivity contribution < 1.29 is 40.7 Å². The molecular formula is C43H87NO8S. The van der Waals surface area contributed by atoms with Crippen molar-refractivity contribution in [2.75, 3.05) is 47.5 Å². The van der Waals surface area contributed by atoms with Gasteiger partial charge in [0.25, 0.3) is 0 Å². The van der Waals surface area contributed by atoms with E-state index < -0.39 is 10.4 Å². The molecular weight excluding hydrogens is 691 g/mol. The molecule has 0 aliphatic rings. The van der Waals surface area contributed by atoms with Crippen LogP contribution in [0.25, 0.3) is 0 Å². The molecule has 318 valence electrons. The Morgan fingerprint density at radius 1 is 0.453 bits per heavy atom. The fraction of sp³-hybridized carbons (Fsp3) is 0.953. The SMILES string of the molecule is CCCCCCCCCCCCCCCCCC(=O)OCC[N+](C)(C)CCOC(=O)CCCCCCCCCCCCCCCCC.COS(=O)(=O)[O-]. The highest BCUT2D eigenvalue weighted by Gasteiger charge is 2.17. The van der Waals surface area contributed by atoms with Crippen molar-refractivity contribution in [3.8, 4) is 0 Å². The molecule has 53 heavy (non-hydrogen) atoms.